The number of aromatic nitrogens is 2. The van der Waals surface area contributed by atoms with Crippen molar-refractivity contribution in [2.45, 2.75) is 19.9 Å². The summed E-state index contributed by atoms with van der Waals surface area (Å²) in [5.41, 5.74) is 0. The van der Waals surface area contributed by atoms with Gasteiger partial charge in [0.1, 0.15) is 6.20 Å². The van der Waals surface area contributed by atoms with Gasteiger partial charge in [-0.25, -0.2) is 9.55 Å². The molecule has 70 valence electrons. The van der Waals surface area contributed by atoms with Crippen LogP contribution in [0.1, 0.15) is 13.3 Å². The molecule has 0 atom stereocenters. The van der Waals surface area contributed by atoms with Crippen molar-refractivity contribution in [3.8, 4) is 0 Å². The molecule has 0 amide bonds. The number of carbonyl (C=O) groups excluding carboxylic acids is 1. The molecule has 0 aliphatic rings. The Labute approximate surface area is 74.3 Å². The third kappa shape index (κ3) is 2.11. The first-order valence-corrected chi connectivity index (χ1v) is 3.81. The van der Waals surface area contributed by atoms with E-state index in [9.17, 15) is 14.9 Å². The number of Topliss-reactive ketones (excluding diaryl/α,β-unsaturated/α-hetero) is 1. The van der Waals surface area contributed by atoms with Gasteiger partial charge in [-0.1, -0.05) is 6.92 Å². The summed E-state index contributed by atoms with van der Waals surface area (Å²) < 4.78 is 1.23. The summed E-state index contributed by atoms with van der Waals surface area (Å²) in [5.74, 6) is -0.206. The Morgan fingerprint density at radius 1 is 1.77 bits per heavy atom. The van der Waals surface area contributed by atoms with Gasteiger partial charge >= 0.3 is 5.82 Å². The number of carbonyl (C=O) groups is 1. The molecule has 1 aromatic rings. The van der Waals surface area contributed by atoms with Gasteiger partial charge in [0.05, 0.1) is 0 Å². The highest BCUT2D eigenvalue weighted by molar-refractivity contribution is 5.78. The predicted octanol–water partition coefficient (Wildman–Crippen LogP) is 0.770. The monoisotopic (exact) mass is 183 g/mol. The largest absolute Gasteiger partial charge is 0.358 e. The average molecular weight is 183 g/mol. The minimum absolute atomic E-state index is 0.0206. The normalized spacial score (nSPS) is 9.92. The van der Waals surface area contributed by atoms with Gasteiger partial charge in [-0.2, -0.15) is 0 Å². The van der Waals surface area contributed by atoms with Crippen molar-refractivity contribution in [3.05, 3.63) is 22.6 Å². The molecule has 6 nitrogen and oxygen atoms in total. The standard InChI is InChI=1S/C7H9N3O3/c1-2-6(11)4-9-5-8-3-7(9)10(12)13/h3,5H,2,4H2,1H3. The molecule has 6 heteroatoms. The molecule has 13 heavy (non-hydrogen) atoms. The number of nitrogens with zero attached hydrogens (tertiary/aromatic N) is 3. The number of nitro groups is 1. The van der Waals surface area contributed by atoms with E-state index in [1.165, 1.54) is 10.9 Å². The van der Waals surface area contributed by atoms with Gasteiger partial charge in [0.2, 0.25) is 0 Å². The van der Waals surface area contributed by atoms with Crippen molar-refractivity contribution in [3.63, 3.8) is 0 Å². The van der Waals surface area contributed by atoms with E-state index >= 15 is 0 Å². The maximum Gasteiger partial charge on any atom is 0.343 e. The van der Waals surface area contributed by atoms with E-state index in [-0.39, 0.29) is 18.1 Å². The lowest BCUT2D eigenvalue weighted by Crippen LogP contribution is -2.09. The molecule has 0 aromatic carbocycles. The van der Waals surface area contributed by atoms with Crippen LogP contribution >= 0.6 is 0 Å². The van der Waals surface area contributed by atoms with Gasteiger partial charge in [0, 0.05) is 6.42 Å². The molecule has 1 rings (SSSR count). The van der Waals surface area contributed by atoms with Gasteiger partial charge in [-0.3, -0.25) is 4.79 Å². The predicted molar refractivity (Wildman–Crippen MR) is 44.2 cm³/mol. The van der Waals surface area contributed by atoms with Crippen LogP contribution in [-0.4, -0.2) is 20.3 Å². The summed E-state index contributed by atoms with van der Waals surface area (Å²) in [5, 5.41) is 10.4. The summed E-state index contributed by atoms with van der Waals surface area (Å²) in [7, 11) is 0. The van der Waals surface area contributed by atoms with E-state index in [1.54, 1.807) is 6.92 Å². The fourth-order valence-electron chi connectivity index (χ4n) is 0.889. The zero-order chi connectivity index (χ0) is 9.84. The summed E-state index contributed by atoms with van der Waals surface area (Å²) in [4.78, 5) is 24.4. The van der Waals surface area contributed by atoms with Crippen LogP contribution in [0.4, 0.5) is 5.82 Å². The van der Waals surface area contributed by atoms with E-state index in [0.717, 1.165) is 6.20 Å². The second kappa shape index (κ2) is 3.79. The van der Waals surface area contributed by atoms with Gasteiger partial charge in [0.15, 0.2) is 18.7 Å². The second-order valence-corrected chi connectivity index (χ2v) is 2.53. The van der Waals surface area contributed by atoms with E-state index in [4.69, 9.17) is 0 Å². The third-order valence-electron chi connectivity index (χ3n) is 1.62. The van der Waals surface area contributed by atoms with Crippen LogP contribution in [0.2, 0.25) is 0 Å². The zero-order valence-corrected chi connectivity index (χ0v) is 7.14. The van der Waals surface area contributed by atoms with Crippen LogP contribution in [0.5, 0.6) is 0 Å². The van der Waals surface area contributed by atoms with Gasteiger partial charge in [-0.05, 0) is 4.92 Å². The van der Waals surface area contributed by atoms with E-state index in [1.807, 2.05) is 0 Å². The van der Waals surface area contributed by atoms with Crippen molar-refractivity contribution in [1.82, 2.24) is 9.55 Å². The van der Waals surface area contributed by atoms with Crippen molar-refractivity contribution >= 4 is 11.6 Å². The number of imidazole rings is 1. The molecule has 0 spiro atoms. The maximum atomic E-state index is 11.0. The van der Waals surface area contributed by atoms with Gasteiger partial charge in [0.25, 0.3) is 0 Å². The molecule has 0 N–H and O–H groups in total. The fourth-order valence-corrected chi connectivity index (χ4v) is 0.889. The van der Waals surface area contributed by atoms with Crippen LogP contribution in [0.3, 0.4) is 0 Å². The first-order chi connectivity index (χ1) is 6.15. The Balaban J connectivity index is 2.82. The van der Waals surface area contributed by atoms with E-state index in [0.29, 0.717) is 6.42 Å². The molecule has 0 aliphatic carbocycles. The van der Waals surface area contributed by atoms with E-state index in [2.05, 4.69) is 4.98 Å². The van der Waals surface area contributed by atoms with Crippen molar-refractivity contribution in [1.29, 1.82) is 0 Å². The van der Waals surface area contributed by atoms with Crippen molar-refractivity contribution in [2.24, 2.45) is 0 Å². The topological polar surface area (TPSA) is 78.0 Å². The number of ketones is 1. The van der Waals surface area contributed by atoms with Crippen molar-refractivity contribution < 1.29 is 9.72 Å². The molecule has 1 heterocycles. The summed E-state index contributed by atoms with van der Waals surface area (Å²) in [6.07, 6.45) is 2.78. The second-order valence-electron chi connectivity index (χ2n) is 2.53. The van der Waals surface area contributed by atoms with E-state index < -0.39 is 4.92 Å². The van der Waals surface area contributed by atoms with Gasteiger partial charge in [-0.15, -0.1) is 0 Å². The quantitative estimate of drug-likeness (QED) is 0.510. The lowest BCUT2D eigenvalue weighted by Gasteiger charge is -1.97. The molecule has 0 fully saturated rings. The van der Waals surface area contributed by atoms with Crippen LogP contribution in [-0.2, 0) is 11.3 Å². The number of hydrogen-bond acceptors (Lipinski definition) is 4. The molecular formula is C7H9N3O3. The molecule has 0 bridgehead atoms. The molecule has 0 radical (unpaired) electrons. The SMILES string of the molecule is CCC(=O)Cn1cncc1[N+](=O)[O-]. The highest BCUT2D eigenvalue weighted by Crippen LogP contribution is 2.09. The number of rotatable bonds is 4. The summed E-state index contributed by atoms with van der Waals surface area (Å²) in [6, 6.07) is 0. The molecule has 0 saturated carbocycles. The third-order valence-corrected chi connectivity index (χ3v) is 1.62. The average Bonchev–Trinajstić information content (AvgIpc) is 2.52. The van der Waals surface area contributed by atoms with Crippen LogP contribution < -0.4 is 0 Å². The van der Waals surface area contributed by atoms with Crippen LogP contribution in [0, 0.1) is 10.1 Å². The van der Waals surface area contributed by atoms with Gasteiger partial charge < -0.3 is 10.1 Å². The Bertz CT molecular complexity index is 331. The maximum absolute atomic E-state index is 11.0. The zero-order valence-electron chi connectivity index (χ0n) is 7.14. The van der Waals surface area contributed by atoms with Crippen LogP contribution in [0.25, 0.3) is 0 Å². The summed E-state index contributed by atoms with van der Waals surface area (Å²) in [6.45, 7) is 1.73. The number of hydrogen-bond donors (Lipinski definition) is 0. The van der Waals surface area contributed by atoms with Crippen molar-refractivity contribution in [2.75, 3.05) is 0 Å². The first-order valence-electron chi connectivity index (χ1n) is 3.81. The minimum atomic E-state index is -0.560. The minimum Gasteiger partial charge on any atom is -0.358 e. The molecular weight excluding hydrogens is 174 g/mol. The Morgan fingerprint density at radius 2 is 2.46 bits per heavy atom. The van der Waals surface area contributed by atoms with Crippen LogP contribution in [0.15, 0.2) is 12.5 Å². The lowest BCUT2D eigenvalue weighted by molar-refractivity contribution is -0.392. The molecule has 0 aliphatic heterocycles. The smallest absolute Gasteiger partial charge is 0.343 e. The first kappa shape index (κ1) is 9.37. The molecule has 0 unspecified atom stereocenters. The highest BCUT2D eigenvalue weighted by Gasteiger charge is 2.14. The fraction of sp³-hybridized carbons (Fsp3) is 0.429. The Hall–Kier alpha value is -1.72. The Morgan fingerprint density at radius 3 is 3.00 bits per heavy atom. The molecule has 0 saturated heterocycles. The summed E-state index contributed by atoms with van der Waals surface area (Å²) >= 11 is 0. The molecule has 1 aromatic heterocycles. The Kier molecular flexibility index (Phi) is 2.73. The highest BCUT2D eigenvalue weighted by atomic mass is 16.6. The lowest BCUT2D eigenvalue weighted by atomic mass is 10.3.